The van der Waals surface area contributed by atoms with Crippen LogP contribution in [-0.4, -0.2) is 31.7 Å². The Bertz CT molecular complexity index is 1520. The van der Waals surface area contributed by atoms with Crippen LogP contribution < -0.4 is 16.5 Å². The monoisotopic (exact) mass is 455 g/mol. The van der Waals surface area contributed by atoms with Crippen molar-refractivity contribution < 1.29 is 14.4 Å². The van der Waals surface area contributed by atoms with Crippen LogP contribution in [0, 0.1) is 12.7 Å². The zero-order valence-electron chi connectivity index (χ0n) is 18.5. The molecule has 9 heteroatoms. The average molecular weight is 455 g/mol. The van der Waals surface area contributed by atoms with Gasteiger partial charge in [0.2, 0.25) is 5.95 Å². The molecular weight excluding hydrogens is 432 g/mol. The first-order valence-electron chi connectivity index (χ1n) is 10.9. The Morgan fingerprint density at radius 1 is 1.00 bits per heavy atom. The lowest BCUT2D eigenvalue weighted by atomic mass is 9.79. The summed E-state index contributed by atoms with van der Waals surface area (Å²) in [5.74, 6) is 0.565. The van der Waals surface area contributed by atoms with Gasteiger partial charge in [0, 0.05) is 35.0 Å². The van der Waals surface area contributed by atoms with Crippen molar-refractivity contribution in [2.75, 3.05) is 5.32 Å². The molecule has 170 valence electrons. The van der Waals surface area contributed by atoms with Crippen molar-refractivity contribution >= 4 is 40.2 Å². The van der Waals surface area contributed by atoms with Crippen molar-refractivity contribution in [2.24, 2.45) is 5.73 Å². The quantitative estimate of drug-likeness (QED) is 0.293. The predicted octanol–water partition coefficient (Wildman–Crippen LogP) is 2.77. The Hall–Kier alpha value is -3.79. The lowest BCUT2D eigenvalue weighted by Gasteiger charge is -2.15. The van der Waals surface area contributed by atoms with E-state index in [9.17, 15) is 14.4 Å². The van der Waals surface area contributed by atoms with Gasteiger partial charge in [0.15, 0.2) is 0 Å². The van der Waals surface area contributed by atoms with E-state index in [1.54, 1.807) is 18.2 Å². The Morgan fingerprint density at radius 2 is 1.79 bits per heavy atom. The maximum atomic E-state index is 13.7. The first kappa shape index (κ1) is 22.0. The average Bonchev–Trinajstić information content (AvgIpc) is 3.17. The highest BCUT2D eigenvalue weighted by Gasteiger charge is 2.20. The van der Waals surface area contributed by atoms with Crippen molar-refractivity contribution in [3.8, 4) is 5.95 Å². The Labute approximate surface area is 195 Å². The summed E-state index contributed by atoms with van der Waals surface area (Å²) in [6, 6.07) is 19.4. The van der Waals surface area contributed by atoms with E-state index in [2.05, 4.69) is 5.32 Å². The molecule has 0 radical (unpaired) electrons. The van der Waals surface area contributed by atoms with Gasteiger partial charge in [0.05, 0.1) is 11.0 Å². The second-order valence-electron chi connectivity index (χ2n) is 8.15. The molecule has 0 saturated carbocycles. The van der Waals surface area contributed by atoms with Crippen molar-refractivity contribution in [1.82, 2.24) is 14.5 Å². The molecule has 3 aromatic carbocycles. The van der Waals surface area contributed by atoms with Crippen LogP contribution in [0.3, 0.4) is 0 Å². The molecule has 2 aromatic heterocycles. The molecule has 5 N–H and O–H groups in total. The van der Waals surface area contributed by atoms with Gasteiger partial charge in [0.25, 0.3) is 0 Å². The largest absolute Gasteiger partial charge is 0.490 e. The van der Waals surface area contributed by atoms with Crippen molar-refractivity contribution in [3.05, 3.63) is 89.4 Å². The molecule has 34 heavy (non-hydrogen) atoms. The Balaban J connectivity index is 1.71. The number of para-hydroxylation sites is 1. The maximum absolute atomic E-state index is 13.7. The zero-order chi connectivity index (χ0) is 23.8. The van der Waals surface area contributed by atoms with E-state index < -0.39 is 7.12 Å². The van der Waals surface area contributed by atoms with E-state index in [-0.39, 0.29) is 11.3 Å². The molecule has 0 atom stereocenters. The van der Waals surface area contributed by atoms with Crippen molar-refractivity contribution in [3.63, 3.8) is 0 Å². The van der Waals surface area contributed by atoms with Crippen molar-refractivity contribution in [1.29, 1.82) is 0 Å². The number of fused-ring (bicyclic) bond motifs is 2. The second kappa shape index (κ2) is 8.87. The number of nitrogens with two attached hydrogens (primary N) is 1. The van der Waals surface area contributed by atoms with Crippen LogP contribution in [0.25, 0.3) is 27.8 Å². The summed E-state index contributed by atoms with van der Waals surface area (Å²) in [6.07, 6.45) is 0. The first-order chi connectivity index (χ1) is 16.5. The number of benzene rings is 3. The lowest BCUT2D eigenvalue weighted by molar-refractivity contribution is 0.426. The summed E-state index contributed by atoms with van der Waals surface area (Å²) in [5, 5.41) is 24.9. The van der Waals surface area contributed by atoms with Crippen molar-refractivity contribution in [2.45, 2.75) is 20.0 Å². The fourth-order valence-corrected chi connectivity index (χ4v) is 4.31. The third kappa shape index (κ3) is 3.90. The van der Waals surface area contributed by atoms with Gasteiger partial charge >= 0.3 is 7.12 Å². The fraction of sp³-hybridized carbons (Fsp3) is 0.120. The van der Waals surface area contributed by atoms with Crippen LogP contribution in [0.1, 0.15) is 16.8 Å². The van der Waals surface area contributed by atoms with Crippen LogP contribution in [0.4, 0.5) is 10.2 Å². The molecule has 7 nitrogen and oxygen atoms in total. The van der Waals surface area contributed by atoms with E-state index in [1.807, 2.05) is 47.9 Å². The molecule has 0 fully saturated rings. The van der Waals surface area contributed by atoms with Crippen LogP contribution in [0.15, 0.2) is 66.7 Å². The molecule has 0 spiro atoms. The summed E-state index contributed by atoms with van der Waals surface area (Å²) in [7, 11) is -1.70. The van der Waals surface area contributed by atoms with Gasteiger partial charge in [-0.15, -0.1) is 0 Å². The van der Waals surface area contributed by atoms with E-state index in [0.717, 1.165) is 27.7 Å². The Kier molecular flexibility index (Phi) is 5.75. The number of rotatable bonds is 6. The van der Waals surface area contributed by atoms with Gasteiger partial charge in [-0.1, -0.05) is 36.4 Å². The first-order valence-corrected chi connectivity index (χ1v) is 10.9. The summed E-state index contributed by atoms with van der Waals surface area (Å²) in [6.45, 7) is 2.69. The second-order valence-corrected chi connectivity index (χ2v) is 8.15. The number of aryl methyl sites for hydroxylation is 1. The molecule has 0 saturated heterocycles. The van der Waals surface area contributed by atoms with Crippen LogP contribution in [0.2, 0.25) is 0 Å². The van der Waals surface area contributed by atoms with E-state index in [4.69, 9.17) is 15.7 Å². The van der Waals surface area contributed by atoms with Gasteiger partial charge in [-0.2, -0.15) is 4.98 Å². The summed E-state index contributed by atoms with van der Waals surface area (Å²) < 4.78 is 15.6. The third-order valence-electron chi connectivity index (χ3n) is 5.91. The van der Waals surface area contributed by atoms with Gasteiger partial charge < -0.3 is 21.1 Å². The third-order valence-corrected chi connectivity index (χ3v) is 5.91. The minimum Gasteiger partial charge on any atom is -0.423 e. The highest BCUT2D eigenvalue weighted by atomic mass is 19.1. The highest BCUT2D eigenvalue weighted by Crippen LogP contribution is 2.28. The molecule has 0 amide bonds. The normalized spacial score (nSPS) is 11.3. The smallest absolute Gasteiger partial charge is 0.423 e. The molecule has 0 aliphatic rings. The number of nitrogens with one attached hydrogen (secondary N) is 1. The zero-order valence-corrected chi connectivity index (χ0v) is 18.5. The summed E-state index contributed by atoms with van der Waals surface area (Å²) in [4.78, 5) is 9.54. The van der Waals surface area contributed by atoms with E-state index >= 15 is 0 Å². The number of hydrogen-bond acceptors (Lipinski definition) is 6. The van der Waals surface area contributed by atoms with Crippen LogP contribution in [-0.2, 0) is 13.1 Å². The number of aromatic nitrogens is 3. The summed E-state index contributed by atoms with van der Waals surface area (Å²) in [5.41, 5.74) is 10.2. The van der Waals surface area contributed by atoms with Crippen LogP contribution in [0.5, 0.6) is 0 Å². The number of anilines is 1. The molecule has 0 aliphatic heterocycles. The summed E-state index contributed by atoms with van der Waals surface area (Å²) >= 11 is 0. The van der Waals surface area contributed by atoms with Crippen LogP contribution >= 0.6 is 0 Å². The van der Waals surface area contributed by atoms with Gasteiger partial charge in [-0.3, -0.25) is 4.57 Å². The van der Waals surface area contributed by atoms with Gasteiger partial charge in [-0.25, -0.2) is 9.37 Å². The standard InChI is InChI=1S/C25H23BFN5O2/c1-15-11-20-17(13-28)6-3-10-22(20)32(15)25-30-23-19(8-4-9-21(23)26(33)34)24(31-25)29-14-16-5-2-7-18(27)12-16/h2-12,33-34H,13-14,28H2,1H3,(H,29,30,31). The molecule has 5 aromatic rings. The molecule has 0 unspecified atom stereocenters. The molecule has 2 heterocycles. The highest BCUT2D eigenvalue weighted by molar-refractivity contribution is 6.61. The maximum Gasteiger partial charge on any atom is 0.490 e. The number of halogens is 1. The molecule has 0 bridgehead atoms. The van der Waals surface area contributed by atoms with E-state index in [1.165, 1.54) is 12.1 Å². The fourth-order valence-electron chi connectivity index (χ4n) is 4.31. The van der Waals surface area contributed by atoms with Gasteiger partial charge in [0.1, 0.15) is 11.6 Å². The lowest BCUT2D eigenvalue weighted by Crippen LogP contribution is -2.31. The topological polar surface area (TPSA) is 109 Å². The SMILES string of the molecule is Cc1cc2c(CN)cccc2n1-c1nc(NCc2cccc(F)c2)c2cccc(B(O)O)c2n1. The number of nitrogens with zero attached hydrogens (tertiary/aromatic N) is 3. The minimum atomic E-state index is -1.70. The minimum absolute atomic E-state index is 0.270. The number of hydrogen-bond donors (Lipinski definition) is 4. The van der Waals surface area contributed by atoms with Gasteiger partial charge in [-0.05, 0) is 48.4 Å². The molecule has 0 aliphatic carbocycles. The Morgan fingerprint density at radius 3 is 2.56 bits per heavy atom. The van der Waals surface area contributed by atoms with E-state index in [0.29, 0.717) is 35.8 Å². The molecule has 5 rings (SSSR count). The molecular formula is C25H23BFN5O2. The predicted molar refractivity (Wildman–Crippen MR) is 133 cm³/mol.